The molecule has 2 heteroatoms. The Balaban J connectivity index is 2.31. The van der Waals surface area contributed by atoms with E-state index in [2.05, 4.69) is 75.4 Å². The van der Waals surface area contributed by atoms with Crippen LogP contribution < -0.4 is 10.4 Å². The average Bonchev–Trinajstić information content (AvgIpc) is 2.46. The maximum Gasteiger partial charge on any atom is 0.352 e. The van der Waals surface area contributed by atoms with Gasteiger partial charge in [0.1, 0.15) is 0 Å². The lowest BCUT2D eigenvalue weighted by molar-refractivity contribution is 0.445. The van der Waals surface area contributed by atoms with Gasteiger partial charge in [-0.05, 0) is 29.3 Å². The molecule has 0 aliphatic heterocycles. The van der Waals surface area contributed by atoms with Crippen molar-refractivity contribution in [2.24, 2.45) is 5.92 Å². The van der Waals surface area contributed by atoms with Crippen molar-refractivity contribution in [1.29, 1.82) is 0 Å². The predicted molar refractivity (Wildman–Crippen MR) is 87.6 cm³/mol. The van der Waals surface area contributed by atoms with Gasteiger partial charge in [0.05, 0.1) is 5.76 Å². The van der Waals surface area contributed by atoms with Gasteiger partial charge in [-0.25, -0.2) is 0 Å². The molecular formula is C18H21OSi. The van der Waals surface area contributed by atoms with Crippen LogP contribution in [0.15, 0.2) is 72.5 Å². The molecule has 0 heterocycles. The number of hydrogen-bond donors (Lipinski definition) is 0. The molecule has 1 radical (unpaired) electrons. The Morgan fingerprint density at radius 1 is 0.900 bits per heavy atom. The van der Waals surface area contributed by atoms with Crippen LogP contribution in [0.25, 0.3) is 0 Å². The van der Waals surface area contributed by atoms with Crippen LogP contribution in [-0.4, -0.2) is 9.04 Å². The summed E-state index contributed by atoms with van der Waals surface area (Å²) in [5, 5.41) is 2.56. The third-order valence-corrected chi connectivity index (χ3v) is 5.14. The summed E-state index contributed by atoms with van der Waals surface area (Å²) in [7, 11) is -1.21. The van der Waals surface area contributed by atoms with Gasteiger partial charge < -0.3 is 4.43 Å². The van der Waals surface area contributed by atoms with E-state index in [4.69, 9.17) is 4.43 Å². The van der Waals surface area contributed by atoms with E-state index in [1.807, 2.05) is 12.1 Å². The molecular weight excluding hydrogens is 260 g/mol. The fraction of sp³-hybridized carbons (Fsp3) is 0.222. The van der Waals surface area contributed by atoms with Crippen LogP contribution in [-0.2, 0) is 4.43 Å². The van der Waals surface area contributed by atoms with Crippen LogP contribution in [0.3, 0.4) is 0 Å². The average molecular weight is 281 g/mol. The van der Waals surface area contributed by atoms with E-state index < -0.39 is 9.04 Å². The van der Waals surface area contributed by atoms with Crippen LogP contribution in [0.2, 0.25) is 0 Å². The minimum absolute atomic E-state index is 0.504. The molecule has 0 spiro atoms. The lowest BCUT2D eigenvalue weighted by atomic mass is 10.2. The highest BCUT2D eigenvalue weighted by molar-refractivity contribution is 6.80. The maximum atomic E-state index is 6.30. The Morgan fingerprint density at radius 3 is 1.75 bits per heavy atom. The minimum Gasteiger partial charge on any atom is -0.536 e. The summed E-state index contributed by atoms with van der Waals surface area (Å²) in [5.74, 6) is 1.52. The van der Waals surface area contributed by atoms with E-state index >= 15 is 0 Å². The molecule has 0 atom stereocenters. The SMILES string of the molecule is C/C(=C/C(C)C)O[Si](c1ccccc1)c1ccccc1. The van der Waals surface area contributed by atoms with Gasteiger partial charge in [-0.2, -0.15) is 0 Å². The number of rotatable bonds is 5. The second-order valence-corrected chi connectivity index (χ2v) is 7.20. The Labute approximate surface area is 123 Å². The number of allylic oxidation sites excluding steroid dienone is 2. The molecule has 0 unspecified atom stereocenters. The zero-order chi connectivity index (χ0) is 14.4. The van der Waals surface area contributed by atoms with E-state index in [0.29, 0.717) is 5.92 Å². The van der Waals surface area contributed by atoms with Crippen molar-refractivity contribution in [3.05, 3.63) is 72.5 Å². The molecule has 0 bridgehead atoms. The first-order valence-corrected chi connectivity index (χ1v) is 8.41. The van der Waals surface area contributed by atoms with Crippen molar-refractivity contribution in [2.75, 3.05) is 0 Å². The first-order valence-electron chi connectivity index (χ1n) is 7.01. The van der Waals surface area contributed by atoms with Gasteiger partial charge in [-0.1, -0.05) is 74.5 Å². The van der Waals surface area contributed by atoms with Crippen molar-refractivity contribution in [3.8, 4) is 0 Å². The molecule has 0 N–H and O–H groups in total. The highest BCUT2D eigenvalue weighted by Crippen LogP contribution is 2.06. The molecule has 0 aromatic heterocycles. The van der Waals surface area contributed by atoms with Crippen LogP contribution in [0, 0.1) is 5.92 Å². The van der Waals surface area contributed by atoms with Gasteiger partial charge in [0.15, 0.2) is 0 Å². The van der Waals surface area contributed by atoms with Crippen LogP contribution in [0.5, 0.6) is 0 Å². The van der Waals surface area contributed by atoms with Crippen LogP contribution in [0.1, 0.15) is 20.8 Å². The molecule has 1 nitrogen and oxygen atoms in total. The molecule has 0 saturated carbocycles. The van der Waals surface area contributed by atoms with Crippen LogP contribution >= 0.6 is 0 Å². The first kappa shape index (κ1) is 14.6. The lowest BCUT2D eigenvalue weighted by Gasteiger charge is -2.18. The van der Waals surface area contributed by atoms with Crippen molar-refractivity contribution in [2.45, 2.75) is 20.8 Å². The van der Waals surface area contributed by atoms with E-state index in [1.165, 1.54) is 10.4 Å². The Morgan fingerprint density at radius 2 is 1.35 bits per heavy atom. The Hall–Kier alpha value is -1.80. The van der Waals surface area contributed by atoms with Crippen molar-refractivity contribution in [1.82, 2.24) is 0 Å². The molecule has 0 amide bonds. The minimum atomic E-state index is -1.21. The van der Waals surface area contributed by atoms with Gasteiger partial charge in [-0.15, -0.1) is 0 Å². The number of benzene rings is 2. The standard InChI is InChI=1S/C18H21OSi/c1-15(2)14-16(3)19-20(17-10-6-4-7-11-17)18-12-8-5-9-13-18/h4-15H,1-3H3/b16-14-. The second-order valence-electron chi connectivity index (χ2n) is 5.18. The molecule has 2 rings (SSSR count). The van der Waals surface area contributed by atoms with Gasteiger partial charge >= 0.3 is 9.04 Å². The predicted octanol–water partition coefficient (Wildman–Crippen LogP) is 3.37. The highest BCUT2D eigenvalue weighted by Gasteiger charge is 2.20. The molecule has 0 aliphatic rings. The zero-order valence-corrected chi connectivity index (χ0v) is 13.3. The third kappa shape index (κ3) is 4.10. The monoisotopic (exact) mass is 281 g/mol. The fourth-order valence-electron chi connectivity index (χ4n) is 2.13. The summed E-state index contributed by atoms with van der Waals surface area (Å²) in [5.41, 5.74) is 0. The Bertz CT molecular complexity index is 507. The highest BCUT2D eigenvalue weighted by atomic mass is 28.3. The summed E-state index contributed by atoms with van der Waals surface area (Å²) >= 11 is 0. The maximum absolute atomic E-state index is 6.30. The molecule has 0 fully saturated rings. The summed E-state index contributed by atoms with van der Waals surface area (Å²) < 4.78 is 6.30. The number of hydrogen-bond acceptors (Lipinski definition) is 1. The first-order chi connectivity index (χ1) is 9.66. The van der Waals surface area contributed by atoms with Gasteiger partial charge in [0.2, 0.25) is 0 Å². The molecule has 2 aromatic carbocycles. The van der Waals surface area contributed by atoms with Crippen LogP contribution in [0.4, 0.5) is 0 Å². The molecule has 103 valence electrons. The topological polar surface area (TPSA) is 9.23 Å². The van der Waals surface area contributed by atoms with Gasteiger partial charge in [0.25, 0.3) is 0 Å². The van der Waals surface area contributed by atoms with Crippen molar-refractivity contribution in [3.63, 3.8) is 0 Å². The largest absolute Gasteiger partial charge is 0.536 e. The van der Waals surface area contributed by atoms with Crippen molar-refractivity contribution >= 4 is 19.4 Å². The third-order valence-electron chi connectivity index (χ3n) is 2.90. The lowest BCUT2D eigenvalue weighted by Crippen LogP contribution is -2.44. The molecule has 0 aliphatic carbocycles. The fourth-order valence-corrected chi connectivity index (χ4v) is 4.08. The summed E-state index contributed by atoms with van der Waals surface area (Å²) in [6.45, 7) is 6.39. The molecule has 0 saturated heterocycles. The normalized spacial score (nSPS) is 11.9. The molecule has 20 heavy (non-hydrogen) atoms. The van der Waals surface area contributed by atoms with E-state index in [0.717, 1.165) is 5.76 Å². The van der Waals surface area contributed by atoms with E-state index in [-0.39, 0.29) is 0 Å². The quantitative estimate of drug-likeness (QED) is 0.603. The van der Waals surface area contributed by atoms with Gasteiger partial charge in [-0.3, -0.25) is 0 Å². The van der Waals surface area contributed by atoms with Gasteiger partial charge in [0, 0.05) is 0 Å². The smallest absolute Gasteiger partial charge is 0.352 e. The summed E-state index contributed by atoms with van der Waals surface area (Å²) in [6.07, 6.45) is 2.18. The van der Waals surface area contributed by atoms with E-state index in [1.54, 1.807) is 0 Å². The van der Waals surface area contributed by atoms with E-state index in [9.17, 15) is 0 Å². The summed E-state index contributed by atoms with van der Waals surface area (Å²) in [6, 6.07) is 21.0. The second kappa shape index (κ2) is 7.11. The Kier molecular flexibility index (Phi) is 5.19. The zero-order valence-electron chi connectivity index (χ0n) is 12.3. The summed E-state index contributed by atoms with van der Waals surface area (Å²) in [4.78, 5) is 0. The van der Waals surface area contributed by atoms with Crippen molar-refractivity contribution < 1.29 is 4.43 Å². The molecule has 2 aromatic rings.